The summed E-state index contributed by atoms with van der Waals surface area (Å²) < 4.78 is 16.0. The molecule has 2 rings (SSSR count). The summed E-state index contributed by atoms with van der Waals surface area (Å²) in [6.45, 7) is 0.241. The highest BCUT2D eigenvalue weighted by molar-refractivity contribution is 9.10. The number of methoxy groups -OCH3 is 2. The van der Waals surface area contributed by atoms with Gasteiger partial charge in [0.15, 0.2) is 17.0 Å². The molecule has 1 heterocycles. The third-order valence-corrected chi connectivity index (χ3v) is 4.07. The van der Waals surface area contributed by atoms with Crippen molar-refractivity contribution in [3.63, 3.8) is 0 Å². The Kier molecular flexibility index (Phi) is 4.92. The van der Waals surface area contributed by atoms with E-state index in [0.29, 0.717) is 22.6 Å². The van der Waals surface area contributed by atoms with Gasteiger partial charge in [0.25, 0.3) is 5.91 Å². The van der Waals surface area contributed by atoms with E-state index >= 15 is 0 Å². The predicted molar refractivity (Wildman–Crippen MR) is 80.5 cm³/mol. The first-order valence-corrected chi connectivity index (χ1v) is 7.28. The highest BCUT2D eigenvalue weighted by Gasteiger charge is 2.44. The molecular weight excluding hydrogens is 358 g/mol. The zero-order valence-corrected chi connectivity index (χ0v) is 13.7. The van der Waals surface area contributed by atoms with Crippen molar-refractivity contribution in [3.8, 4) is 11.5 Å². The number of carboxylic acid groups (broad SMARTS) is 1. The normalized spacial score (nSPS) is 20.5. The Hall–Kier alpha value is -1.80. The van der Waals surface area contributed by atoms with Crippen LogP contribution in [0.1, 0.15) is 16.8 Å². The fourth-order valence-corrected chi connectivity index (χ4v) is 2.83. The molecule has 0 aliphatic carbocycles. The molecule has 1 fully saturated rings. The maximum atomic E-state index is 12.4. The van der Waals surface area contributed by atoms with E-state index in [2.05, 4.69) is 21.2 Å². The Morgan fingerprint density at radius 1 is 1.36 bits per heavy atom. The molecule has 1 saturated heterocycles. The van der Waals surface area contributed by atoms with Crippen LogP contribution >= 0.6 is 15.9 Å². The smallest absolute Gasteiger partial charge is 0.331 e. The molecule has 8 heteroatoms. The van der Waals surface area contributed by atoms with Crippen LogP contribution in [0.15, 0.2) is 16.6 Å². The number of amides is 1. The van der Waals surface area contributed by atoms with Gasteiger partial charge in [0.1, 0.15) is 0 Å². The standard InChI is InChI=1S/C14H16BrNO6/c1-20-10-6-8(5-9(15)11(10)21-2)12(17)16-14(13(18)19)3-4-22-7-14/h5-6H,3-4,7H2,1-2H3,(H,16,17)(H,18,19). The number of carbonyl (C=O) groups is 2. The van der Waals surface area contributed by atoms with Crippen LogP contribution in [0.5, 0.6) is 11.5 Å². The van der Waals surface area contributed by atoms with Crippen molar-refractivity contribution in [2.45, 2.75) is 12.0 Å². The Bertz CT molecular complexity index is 597. The van der Waals surface area contributed by atoms with Crippen molar-refractivity contribution in [2.75, 3.05) is 27.4 Å². The monoisotopic (exact) mass is 373 g/mol. The molecule has 1 atom stereocenters. The largest absolute Gasteiger partial charge is 0.493 e. The highest BCUT2D eigenvalue weighted by Crippen LogP contribution is 2.36. The van der Waals surface area contributed by atoms with Gasteiger partial charge in [-0.3, -0.25) is 4.79 Å². The third-order valence-electron chi connectivity index (χ3n) is 3.48. The molecule has 0 spiro atoms. The van der Waals surface area contributed by atoms with Crippen molar-refractivity contribution in [3.05, 3.63) is 22.2 Å². The molecule has 120 valence electrons. The molecule has 0 aromatic heterocycles. The van der Waals surface area contributed by atoms with E-state index in [1.54, 1.807) is 6.07 Å². The number of hydrogen-bond donors (Lipinski definition) is 2. The van der Waals surface area contributed by atoms with E-state index in [1.807, 2.05) is 0 Å². The van der Waals surface area contributed by atoms with E-state index < -0.39 is 17.4 Å². The number of carbonyl (C=O) groups excluding carboxylic acids is 1. The van der Waals surface area contributed by atoms with Crippen molar-refractivity contribution in [1.29, 1.82) is 0 Å². The summed E-state index contributed by atoms with van der Waals surface area (Å²) in [5.41, 5.74) is -1.13. The Balaban J connectivity index is 2.30. The SMILES string of the molecule is COc1cc(C(=O)NC2(C(=O)O)CCOC2)cc(Br)c1OC. The number of hydrogen-bond acceptors (Lipinski definition) is 5. The van der Waals surface area contributed by atoms with Crippen LogP contribution in [0.3, 0.4) is 0 Å². The lowest BCUT2D eigenvalue weighted by Gasteiger charge is -2.24. The number of ether oxygens (including phenoxy) is 3. The van der Waals surface area contributed by atoms with Crippen LogP contribution in [0.2, 0.25) is 0 Å². The summed E-state index contributed by atoms with van der Waals surface area (Å²) in [7, 11) is 2.94. The van der Waals surface area contributed by atoms with Gasteiger partial charge in [0.05, 0.1) is 25.3 Å². The molecule has 1 aromatic rings. The predicted octanol–water partition coefficient (Wildman–Crippen LogP) is 1.44. The summed E-state index contributed by atoms with van der Waals surface area (Å²) in [5, 5.41) is 11.9. The molecular formula is C14H16BrNO6. The van der Waals surface area contributed by atoms with Crippen molar-refractivity contribution in [2.24, 2.45) is 0 Å². The summed E-state index contributed by atoms with van der Waals surface area (Å²) >= 11 is 3.30. The molecule has 22 heavy (non-hydrogen) atoms. The molecule has 0 bridgehead atoms. The second-order valence-electron chi connectivity index (χ2n) is 4.84. The quantitative estimate of drug-likeness (QED) is 0.810. The van der Waals surface area contributed by atoms with E-state index in [1.165, 1.54) is 20.3 Å². The van der Waals surface area contributed by atoms with E-state index in [0.717, 1.165) is 0 Å². The molecule has 0 saturated carbocycles. The Morgan fingerprint density at radius 3 is 2.59 bits per heavy atom. The topological polar surface area (TPSA) is 94.1 Å². The number of rotatable bonds is 5. The van der Waals surface area contributed by atoms with Gasteiger partial charge in [-0.2, -0.15) is 0 Å². The first kappa shape index (κ1) is 16.6. The summed E-state index contributed by atoms with van der Waals surface area (Å²) in [6, 6.07) is 3.03. The van der Waals surface area contributed by atoms with Gasteiger partial charge in [-0.05, 0) is 28.1 Å². The lowest BCUT2D eigenvalue weighted by Crippen LogP contribution is -2.55. The first-order valence-electron chi connectivity index (χ1n) is 6.48. The summed E-state index contributed by atoms with van der Waals surface area (Å²) in [6.07, 6.45) is 0.225. The van der Waals surface area contributed by atoms with Crippen molar-refractivity contribution >= 4 is 27.8 Å². The van der Waals surface area contributed by atoms with Crippen LogP contribution in [0.25, 0.3) is 0 Å². The minimum absolute atomic E-state index is 0.0530. The zero-order valence-electron chi connectivity index (χ0n) is 12.1. The summed E-state index contributed by atoms with van der Waals surface area (Å²) in [5.74, 6) is -0.808. The highest BCUT2D eigenvalue weighted by atomic mass is 79.9. The van der Waals surface area contributed by atoms with Gasteiger partial charge >= 0.3 is 5.97 Å². The minimum atomic E-state index is -1.39. The van der Waals surface area contributed by atoms with Crippen molar-refractivity contribution in [1.82, 2.24) is 5.32 Å². The van der Waals surface area contributed by atoms with E-state index in [4.69, 9.17) is 14.2 Å². The van der Waals surface area contributed by atoms with Crippen LogP contribution in [0, 0.1) is 0 Å². The van der Waals surface area contributed by atoms with Gasteiger partial charge < -0.3 is 24.6 Å². The van der Waals surface area contributed by atoms with Gasteiger partial charge in [-0.1, -0.05) is 0 Å². The molecule has 1 unspecified atom stereocenters. The van der Waals surface area contributed by atoms with Gasteiger partial charge in [-0.15, -0.1) is 0 Å². The average molecular weight is 374 g/mol. The molecule has 0 radical (unpaired) electrons. The maximum Gasteiger partial charge on any atom is 0.331 e. The van der Waals surface area contributed by atoms with Crippen LogP contribution in [0.4, 0.5) is 0 Å². The second kappa shape index (κ2) is 6.53. The minimum Gasteiger partial charge on any atom is -0.493 e. The fraction of sp³-hybridized carbons (Fsp3) is 0.429. The zero-order chi connectivity index (χ0) is 16.3. The number of aliphatic carboxylic acids is 1. The Morgan fingerprint density at radius 2 is 2.09 bits per heavy atom. The molecule has 1 aliphatic rings. The first-order chi connectivity index (χ1) is 10.4. The van der Waals surface area contributed by atoms with E-state index in [-0.39, 0.29) is 18.6 Å². The van der Waals surface area contributed by atoms with Gasteiger partial charge in [0.2, 0.25) is 0 Å². The fourth-order valence-electron chi connectivity index (χ4n) is 2.22. The number of carboxylic acids is 1. The number of nitrogens with one attached hydrogen (secondary N) is 1. The van der Waals surface area contributed by atoms with Gasteiger partial charge in [-0.25, -0.2) is 4.79 Å². The van der Waals surface area contributed by atoms with E-state index in [9.17, 15) is 14.7 Å². The van der Waals surface area contributed by atoms with Gasteiger partial charge in [0, 0.05) is 18.6 Å². The van der Waals surface area contributed by atoms with Crippen LogP contribution in [-0.4, -0.2) is 50.0 Å². The molecule has 1 amide bonds. The molecule has 1 aromatic carbocycles. The van der Waals surface area contributed by atoms with Crippen LogP contribution < -0.4 is 14.8 Å². The summed E-state index contributed by atoms with van der Waals surface area (Å²) in [4.78, 5) is 23.8. The number of benzene rings is 1. The number of halogens is 1. The lowest BCUT2D eigenvalue weighted by molar-refractivity contribution is -0.144. The molecule has 7 nitrogen and oxygen atoms in total. The Labute approximate surface area is 135 Å². The maximum absolute atomic E-state index is 12.4. The average Bonchev–Trinajstić information content (AvgIpc) is 2.96. The second-order valence-corrected chi connectivity index (χ2v) is 5.69. The lowest BCUT2D eigenvalue weighted by atomic mass is 9.98. The van der Waals surface area contributed by atoms with Crippen LogP contribution in [-0.2, 0) is 9.53 Å². The molecule has 1 aliphatic heterocycles. The molecule has 2 N–H and O–H groups in total. The third kappa shape index (κ3) is 3.02. The van der Waals surface area contributed by atoms with Crippen molar-refractivity contribution < 1.29 is 28.9 Å².